The SMILES string of the molecule is CCN1CCN(CC(O)COc2ccc(OC)cc2C(C)(C)C)CC1. The maximum atomic E-state index is 10.4. The molecular weight excluding hydrogens is 316 g/mol. The van der Waals surface area contributed by atoms with E-state index in [0.29, 0.717) is 13.2 Å². The van der Waals surface area contributed by atoms with E-state index in [-0.39, 0.29) is 5.41 Å². The fraction of sp³-hybridized carbons (Fsp3) is 0.700. The lowest BCUT2D eigenvalue weighted by Gasteiger charge is -2.35. The van der Waals surface area contributed by atoms with Crippen LogP contribution in [0.4, 0.5) is 0 Å². The molecule has 5 nitrogen and oxygen atoms in total. The van der Waals surface area contributed by atoms with Gasteiger partial charge in [-0.05, 0) is 30.2 Å². The summed E-state index contributed by atoms with van der Waals surface area (Å²) >= 11 is 0. The van der Waals surface area contributed by atoms with E-state index in [0.717, 1.165) is 49.8 Å². The molecule has 0 saturated carbocycles. The Bertz CT molecular complexity index is 534. The Morgan fingerprint density at radius 3 is 2.32 bits per heavy atom. The fourth-order valence-corrected chi connectivity index (χ4v) is 3.17. The summed E-state index contributed by atoms with van der Waals surface area (Å²) in [6.45, 7) is 14.9. The van der Waals surface area contributed by atoms with Crippen molar-refractivity contribution in [2.75, 3.05) is 53.0 Å². The molecule has 25 heavy (non-hydrogen) atoms. The molecule has 1 N–H and O–H groups in total. The Kier molecular flexibility index (Phi) is 7.11. The van der Waals surface area contributed by atoms with Crippen LogP contribution >= 0.6 is 0 Å². The number of nitrogens with zero attached hydrogens (tertiary/aromatic N) is 2. The lowest BCUT2D eigenvalue weighted by atomic mass is 9.86. The second-order valence-electron chi connectivity index (χ2n) is 7.81. The summed E-state index contributed by atoms with van der Waals surface area (Å²) in [6.07, 6.45) is -0.483. The average Bonchev–Trinajstić information content (AvgIpc) is 2.59. The standard InChI is InChI=1S/C20H34N2O3/c1-6-21-9-11-22(12-10-21)14-16(23)15-25-19-8-7-17(24-5)13-18(19)20(2,3)4/h7-8,13,16,23H,6,9-12,14-15H2,1-5H3. The van der Waals surface area contributed by atoms with Gasteiger partial charge >= 0.3 is 0 Å². The highest BCUT2D eigenvalue weighted by Crippen LogP contribution is 2.34. The third kappa shape index (κ3) is 5.87. The lowest BCUT2D eigenvalue weighted by molar-refractivity contribution is 0.0466. The molecule has 0 radical (unpaired) electrons. The van der Waals surface area contributed by atoms with Gasteiger partial charge in [-0.3, -0.25) is 4.90 Å². The zero-order valence-electron chi connectivity index (χ0n) is 16.4. The summed E-state index contributed by atoms with van der Waals surface area (Å²) in [5.74, 6) is 1.65. The zero-order valence-corrected chi connectivity index (χ0v) is 16.4. The van der Waals surface area contributed by atoms with E-state index in [1.54, 1.807) is 7.11 Å². The highest BCUT2D eigenvalue weighted by molar-refractivity contribution is 5.44. The second-order valence-corrected chi connectivity index (χ2v) is 7.81. The van der Waals surface area contributed by atoms with Gasteiger partial charge in [0.05, 0.1) is 7.11 Å². The first-order valence-electron chi connectivity index (χ1n) is 9.27. The number of hydrogen-bond acceptors (Lipinski definition) is 5. The molecule has 0 aliphatic carbocycles. The molecule has 2 rings (SSSR count). The highest BCUT2D eigenvalue weighted by Gasteiger charge is 2.22. The van der Waals surface area contributed by atoms with Crippen LogP contribution in [0.25, 0.3) is 0 Å². The molecule has 142 valence electrons. The largest absolute Gasteiger partial charge is 0.497 e. The van der Waals surface area contributed by atoms with Gasteiger partial charge < -0.3 is 19.5 Å². The van der Waals surface area contributed by atoms with Crippen molar-refractivity contribution >= 4 is 0 Å². The number of ether oxygens (including phenoxy) is 2. The molecule has 1 unspecified atom stereocenters. The quantitative estimate of drug-likeness (QED) is 0.818. The van der Waals surface area contributed by atoms with E-state index in [1.165, 1.54) is 0 Å². The van der Waals surface area contributed by atoms with E-state index < -0.39 is 6.10 Å². The van der Waals surface area contributed by atoms with Crippen LogP contribution in [-0.2, 0) is 5.41 Å². The molecule has 1 saturated heterocycles. The van der Waals surface area contributed by atoms with Gasteiger partial charge in [-0.15, -0.1) is 0 Å². The van der Waals surface area contributed by atoms with Crippen LogP contribution < -0.4 is 9.47 Å². The monoisotopic (exact) mass is 350 g/mol. The molecule has 1 atom stereocenters. The molecule has 0 spiro atoms. The normalized spacial score (nSPS) is 18.2. The number of piperazine rings is 1. The van der Waals surface area contributed by atoms with Crippen molar-refractivity contribution in [1.29, 1.82) is 0 Å². The van der Waals surface area contributed by atoms with Crippen molar-refractivity contribution in [3.8, 4) is 11.5 Å². The number of hydrogen-bond donors (Lipinski definition) is 1. The smallest absolute Gasteiger partial charge is 0.123 e. The third-order valence-electron chi connectivity index (χ3n) is 4.81. The number of aliphatic hydroxyl groups is 1. The van der Waals surface area contributed by atoms with Gasteiger partial charge in [-0.2, -0.15) is 0 Å². The Morgan fingerprint density at radius 2 is 1.76 bits per heavy atom. The van der Waals surface area contributed by atoms with Gasteiger partial charge in [-0.1, -0.05) is 27.7 Å². The first kappa shape index (κ1) is 20.0. The van der Waals surface area contributed by atoms with E-state index in [4.69, 9.17) is 9.47 Å². The number of benzene rings is 1. The highest BCUT2D eigenvalue weighted by atomic mass is 16.5. The van der Waals surface area contributed by atoms with Crippen molar-refractivity contribution in [3.63, 3.8) is 0 Å². The number of aliphatic hydroxyl groups excluding tert-OH is 1. The van der Waals surface area contributed by atoms with E-state index in [2.05, 4.69) is 37.5 Å². The lowest BCUT2D eigenvalue weighted by Crippen LogP contribution is -2.49. The van der Waals surface area contributed by atoms with E-state index in [1.807, 2.05) is 18.2 Å². The summed E-state index contributed by atoms with van der Waals surface area (Å²) in [5.41, 5.74) is 1.04. The van der Waals surface area contributed by atoms with Gasteiger partial charge in [0, 0.05) is 38.3 Å². The van der Waals surface area contributed by atoms with E-state index in [9.17, 15) is 5.11 Å². The predicted octanol–water partition coefficient (Wildman–Crippen LogP) is 2.37. The number of β-amino-alcohol motifs (C(OH)–C–C–N with tert-alkyl or cyclic N) is 1. The summed E-state index contributed by atoms with van der Waals surface area (Å²) in [4.78, 5) is 4.76. The van der Waals surface area contributed by atoms with Crippen LogP contribution in [-0.4, -0.2) is 74.0 Å². The minimum absolute atomic E-state index is 0.0503. The van der Waals surface area contributed by atoms with Gasteiger partial charge in [0.1, 0.15) is 24.2 Å². The first-order chi connectivity index (χ1) is 11.8. The minimum Gasteiger partial charge on any atom is -0.497 e. The van der Waals surface area contributed by atoms with Crippen LogP contribution in [0, 0.1) is 0 Å². The van der Waals surface area contributed by atoms with Gasteiger partial charge in [0.25, 0.3) is 0 Å². The molecule has 1 aromatic carbocycles. The molecule has 0 amide bonds. The summed E-state index contributed by atoms with van der Waals surface area (Å²) < 4.78 is 11.3. The van der Waals surface area contributed by atoms with Gasteiger partial charge in [-0.25, -0.2) is 0 Å². The molecule has 1 aromatic rings. The zero-order chi connectivity index (χ0) is 18.4. The molecule has 0 bridgehead atoms. The van der Waals surface area contributed by atoms with Crippen molar-refractivity contribution in [3.05, 3.63) is 23.8 Å². The molecule has 0 aromatic heterocycles. The molecule has 5 heteroatoms. The number of likely N-dealkylation sites (N-methyl/N-ethyl adjacent to an activating group) is 1. The second kappa shape index (κ2) is 8.88. The fourth-order valence-electron chi connectivity index (χ4n) is 3.17. The molecule has 1 aliphatic heterocycles. The number of methoxy groups -OCH3 is 1. The third-order valence-corrected chi connectivity index (χ3v) is 4.81. The van der Waals surface area contributed by atoms with E-state index >= 15 is 0 Å². The van der Waals surface area contributed by atoms with Crippen molar-refractivity contribution in [1.82, 2.24) is 9.80 Å². The summed E-state index contributed by atoms with van der Waals surface area (Å²) in [7, 11) is 1.67. The van der Waals surface area contributed by atoms with Gasteiger partial charge in [0.15, 0.2) is 0 Å². The molecule has 1 aliphatic rings. The van der Waals surface area contributed by atoms with Crippen molar-refractivity contribution < 1.29 is 14.6 Å². The first-order valence-corrected chi connectivity index (χ1v) is 9.27. The topological polar surface area (TPSA) is 45.2 Å². The molecule has 1 heterocycles. The average molecular weight is 351 g/mol. The van der Waals surface area contributed by atoms with Crippen molar-refractivity contribution in [2.45, 2.75) is 39.2 Å². The van der Waals surface area contributed by atoms with Crippen LogP contribution in [0.15, 0.2) is 18.2 Å². The van der Waals surface area contributed by atoms with Gasteiger partial charge in [0.2, 0.25) is 0 Å². The maximum absolute atomic E-state index is 10.4. The minimum atomic E-state index is -0.483. The van der Waals surface area contributed by atoms with Crippen LogP contribution in [0.1, 0.15) is 33.3 Å². The molecule has 1 fully saturated rings. The Balaban J connectivity index is 1.90. The van der Waals surface area contributed by atoms with Crippen LogP contribution in [0.3, 0.4) is 0 Å². The molecular formula is C20H34N2O3. The van der Waals surface area contributed by atoms with Crippen molar-refractivity contribution in [2.24, 2.45) is 0 Å². The number of rotatable bonds is 7. The maximum Gasteiger partial charge on any atom is 0.123 e. The Hall–Kier alpha value is -1.30. The Morgan fingerprint density at radius 1 is 1.12 bits per heavy atom. The van der Waals surface area contributed by atoms with Crippen LogP contribution in [0.5, 0.6) is 11.5 Å². The summed E-state index contributed by atoms with van der Waals surface area (Å²) in [6, 6.07) is 5.86. The predicted molar refractivity (Wildman–Crippen MR) is 102 cm³/mol. The van der Waals surface area contributed by atoms with Crippen LogP contribution in [0.2, 0.25) is 0 Å². The summed E-state index contributed by atoms with van der Waals surface area (Å²) in [5, 5.41) is 10.4. The Labute approximate surface area is 152 Å².